The number of thiazole rings is 1. The molecule has 5 heteroatoms. The molecule has 0 aromatic carbocycles. The van der Waals surface area contributed by atoms with E-state index in [-0.39, 0.29) is 5.56 Å². The van der Waals surface area contributed by atoms with Gasteiger partial charge >= 0.3 is 0 Å². The van der Waals surface area contributed by atoms with Gasteiger partial charge in [0.25, 0.3) is 5.56 Å². The number of aromatic nitrogens is 2. The summed E-state index contributed by atoms with van der Waals surface area (Å²) in [7, 11) is 0. The van der Waals surface area contributed by atoms with Gasteiger partial charge in [-0.05, 0) is 13.0 Å². The second kappa shape index (κ2) is 3.55. The maximum Gasteiger partial charge on any atom is 0.258 e. The first-order chi connectivity index (χ1) is 6.66. The molecule has 2 aromatic heterocycles. The summed E-state index contributed by atoms with van der Waals surface area (Å²) < 4.78 is 1.48. The van der Waals surface area contributed by atoms with Crippen LogP contribution in [0.4, 0.5) is 0 Å². The van der Waals surface area contributed by atoms with E-state index in [9.17, 15) is 4.79 Å². The summed E-state index contributed by atoms with van der Waals surface area (Å²) in [6.07, 6.45) is 1.63. The number of aryl methyl sites for hydroxylation is 1. The molecule has 0 bridgehead atoms. The van der Waals surface area contributed by atoms with Crippen molar-refractivity contribution < 1.29 is 0 Å². The van der Waals surface area contributed by atoms with E-state index in [1.54, 1.807) is 12.3 Å². The average molecular weight is 227 g/mol. The van der Waals surface area contributed by atoms with Gasteiger partial charge < -0.3 is 0 Å². The Bertz CT molecular complexity index is 518. The van der Waals surface area contributed by atoms with E-state index in [0.29, 0.717) is 10.2 Å². The minimum absolute atomic E-state index is 0.160. The van der Waals surface area contributed by atoms with Crippen LogP contribution in [0.25, 0.3) is 5.13 Å². The van der Waals surface area contributed by atoms with Crippen molar-refractivity contribution in [2.45, 2.75) is 6.92 Å². The molecule has 0 aliphatic carbocycles. The van der Waals surface area contributed by atoms with Crippen molar-refractivity contribution >= 4 is 22.9 Å². The highest BCUT2D eigenvalue weighted by Crippen LogP contribution is 2.13. The molecular weight excluding hydrogens is 220 g/mol. The van der Waals surface area contributed by atoms with Gasteiger partial charge in [-0.25, -0.2) is 4.98 Å². The standard InChI is InChI=1S/C9H7ClN2OS/c1-6-5-14-9(11-6)12-3-2-7(10)4-8(12)13/h2-5H,1H3. The van der Waals surface area contributed by atoms with E-state index in [1.165, 1.54) is 22.0 Å². The molecule has 0 spiro atoms. The number of rotatable bonds is 1. The van der Waals surface area contributed by atoms with Crippen LogP contribution in [0.15, 0.2) is 28.5 Å². The monoisotopic (exact) mass is 226 g/mol. The molecule has 2 rings (SSSR count). The van der Waals surface area contributed by atoms with Crippen LogP contribution in [-0.4, -0.2) is 9.55 Å². The molecule has 0 aliphatic rings. The van der Waals surface area contributed by atoms with Crippen LogP contribution in [-0.2, 0) is 0 Å². The van der Waals surface area contributed by atoms with Crippen LogP contribution in [0.5, 0.6) is 0 Å². The lowest BCUT2D eigenvalue weighted by Gasteiger charge is -1.99. The minimum Gasteiger partial charge on any atom is -0.269 e. The Morgan fingerprint density at radius 2 is 2.36 bits per heavy atom. The fraction of sp³-hybridized carbons (Fsp3) is 0.111. The molecular formula is C9H7ClN2OS. The van der Waals surface area contributed by atoms with Gasteiger partial charge in [-0.15, -0.1) is 11.3 Å². The molecule has 0 radical (unpaired) electrons. The summed E-state index contributed by atoms with van der Waals surface area (Å²) in [5.74, 6) is 0. The SMILES string of the molecule is Cc1csc(-n2ccc(Cl)cc2=O)n1. The minimum atomic E-state index is -0.160. The summed E-state index contributed by atoms with van der Waals surface area (Å²) in [4.78, 5) is 15.7. The quantitative estimate of drug-likeness (QED) is 0.748. The Hall–Kier alpha value is -1.13. The van der Waals surface area contributed by atoms with Crippen molar-refractivity contribution in [3.63, 3.8) is 0 Å². The van der Waals surface area contributed by atoms with Gasteiger partial charge in [0.05, 0.1) is 5.69 Å². The number of hydrogen-bond donors (Lipinski definition) is 0. The molecule has 0 fully saturated rings. The predicted octanol–water partition coefficient (Wildman–Crippen LogP) is 2.26. The summed E-state index contributed by atoms with van der Waals surface area (Å²) in [6.45, 7) is 1.89. The molecule has 0 unspecified atom stereocenters. The highest BCUT2D eigenvalue weighted by Gasteiger charge is 2.03. The van der Waals surface area contributed by atoms with Crippen molar-refractivity contribution in [3.8, 4) is 5.13 Å². The zero-order valence-corrected chi connectivity index (χ0v) is 8.97. The van der Waals surface area contributed by atoms with Gasteiger partial charge in [0.2, 0.25) is 0 Å². The maximum atomic E-state index is 11.5. The molecule has 14 heavy (non-hydrogen) atoms. The first-order valence-corrected chi connectivity index (χ1v) is 5.23. The van der Waals surface area contributed by atoms with E-state index in [4.69, 9.17) is 11.6 Å². The third-order valence-electron chi connectivity index (χ3n) is 1.69. The van der Waals surface area contributed by atoms with Crippen molar-refractivity contribution in [1.29, 1.82) is 0 Å². The predicted molar refractivity (Wildman–Crippen MR) is 57.5 cm³/mol. The van der Waals surface area contributed by atoms with Crippen LogP contribution >= 0.6 is 22.9 Å². The second-order valence-corrected chi connectivity index (χ2v) is 4.10. The second-order valence-electron chi connectivity index (χ2n) is 2.82. The maximum absolute atomic E-state index is 11.5. The zero-order chi connectivity index (χ0) is 10.1. The normalized spacial score (nSPS) is 10.4. The fourth-order valence-electron chi connectivity index (χ4n) is 1.07. The largest absolute Gasteiger partial charge is 0.269 e. The Kier molecular flexibility index (Phi) is 2.39. The summed E-state index contributed by atoms with van der Waals surface area (Å²) in [5, 5.41) is 3.01. The number of hydrogen-bond acceptors (Lipinski definition) is 3. The smallest absolute Gasteiger partial charge is 0.258 e. The summed E-state index contributed by atoms with van der Waals surface area (Å²) in [6, 6.07) is 3.04. The lowest BCUT2D eigenvalue weighted by Crippen LogP contribution is -2.15. The molecule has 0 amide bonds. The Morgan fingerprint density at radius 3 is 2.93 bits per heavy atom. The third kappa shape index (κ3) is 1.71. The molecule has 72 valence electrons. The van der Waals surface area contributed by atoms with Crippen molar-refractivity contribution in [3.05, 3.63) is 44.8 Å². The third-order valence-corrected chi connectivity index (χ3v) is 2.89. The molecule has 2 aromatic rings. The fourth-order valence-corrected chi connectivity index (χ4v) is 2.00. The van der Waals surface area contributed by atoms with Crippen LogP contribution in [0, 0.1) is 6.92 Å². The van der Waals surface area contributed by atoms with Gasteiger partial charge in [0, 0.05) is 22.7 Å². The van der Waals surface area contributed by atoms with Gasteiger partial charge in [-0.2, -0.15) is 0 Å². The van der Waals surface area contributed by atoms with Gasteiger partial charge in [-0.1, -0.05) is 11.6 Å². The molecule has 0 atom stereocenters. The molecule has 3 nitrogen and oxygen atoms in total. The highest BCUT2D eigenvalue weighted by atomic mass is 35.5. The molecule has 0 saturated carbocycles. The van der Waals surface area contributed by atoms with Gasteiger partial charge in [-0.3, -0.25) is 9.36 Å². The van der Waals surface area contributed by atoms with Gasteiger partial charge in [0.1, 0.15) is 0 Å². The zero-order valence-electron chi connectivity index (χ0n) is 7.40. The first-order valence-electron chi connectivity index (χ1n) is 3.97. The van der Waals surface area contributed by atoms with E-state index in [0.717, 1.165) is 5.69 Å². The summed E-state index contributed by atoms with van der Waals surface area (Å²) >= 11 is 7.11. The number of pyridine rings is 1. The van der Waals surface area contributed by atoms with Crippen molar-refractivity contribution in [2.75, 3.05) is 0 Å². The molecule has 0 aliphatic heterocycles. The Morgan fingerprint density at radius 1 is 1.57 bits per heavy atom. The lowest BCUT2D eigenvalue weighted by molar-refractivity contribution is 0.964. The first kappa shape index (κ1) is 9.43. The Balaban J connectivity index is 2.57. The van der Waals surface area contributed by atoms with Gasteiger partial charge in [0.15, 0.2) is 5.13 Å². The number of nitrogens with zero attached hydrogens (tertiary/aromatic N) is 2. The number of halogens is 1. The van der Waals surface area contributed by atoms with Crippen LogP contribution < -0.4 is 5.56 Å². The molecule has 0 N–H and O–H groups in total. The molecule has 0 saturated heterocycles. The van der Waals surface area contributed by atoms with E-state index in [1.807, 2.05) is 12.3 Å². The van der Waals surface area contributed by atoms with Crippen LogP contribution in [0.2, 0.25) is 5.02 Å². The molecule has 2 heterocycles. The van der Waals surface area contributed by atoms with Crippen LogP contribution in [0.1, 0.15) is 5.69 Å². The van der Waals surface area contributed by atoms with Crippen molar-refractivity contribution in [1.82, 2.24) is 9.55 Å². The average Bonchev–Trinajstić information content (AvgIpc) is 2.51. The summed E-state index contributed by atoms with van der Waals surface area (Å²) in [5.41, 5.74) is 0.749. The lowest BCUT2D eigenvalue weighted by atomic mass is 10.5. The van der Waals surface area contributed by atoms with Crippen LogP contribution in [0.3, 0.4) is 0 Å². The highest BCUT2D eigenvalue weighted by molar-refractivity contribution is 7.12. The van der Waals surface area contributed by atoms with E-state index in [2.05, 4.69) is 4.98 Å². The van der Waals surface area contributed by atoms with Crippen molar-refractivity contribution in [2.24, 2.45) is 0 Å². The topological polar surface area (TPSA) is 34.9 Å². The van der Waals surface area contributed by atoms with E-state index < -0.39 is 0 Å². The van der Waals surface area contributed by atoms with E-state index >= 15 is 0 Å². The Labute approximate surface area is 89.6 Å².